The number of rotatable bonds is 8. The van der Waals surface area contributed by atoms with Crippen LogP contribution in [0.25, 0.3) is 10.4 Å². The molecular formula is C13H16ClFN4O2. The van der Waals surface area contributed by atoms with Gasteiger partial charge in [0, 0.05) is 16.5 Å². The molecule has 0 saturated heterocycles. The van der Waals surface area contributed by atoms with Gasteiger partial charge in [-0.15, -0.1) is 0 Å². The largest absolute Gasteiger partial charge is 0.465 e. The van der Waals surface area contributed by atoms with Crippen LogP contribution in [-0.2, 0) is 9.53 Å². The highest BCUT2D eigenvalue weighted by atomic mass is 35.5. The number of azide groups is 1. The van der Waals surface area contributed by atoms with Gasteiger partial charge >= 0.3 is 5.97 Å². The minimum atomic E-state index is -0.788. The lowest BCUT2D eigenvalue weighted by Crippen LogP contribution is -2.31. The summed E-state index contributed by atoms with van der Waals surface area (Å²) < 4.78 is 18.1. The lowest BCUT2D eigenvalue weighted by Gasteiger charge is -2.18. The lowest BCUT2D eigenvalue weighted by molar-refractivity contribution is -0.145. The Morgan fingerprint density at radius 1 is 1.62 bits per heavy atom. The summed E-state index contributed by atoms with van der Waals surface area (Å²) in [6, 6.07) is 3.03. The van der Waals surface area contributed by atoms with Gasteiger partial charge in [-0.1, -0.05) is 22.8 Å². The maximum atomic E-state index is 13.1. The molecule has 0 saturated carbocycles. The van der Waals surface area contributed by atoms with Gasteiger partial charge in [0.2, 0.25) is 0 Å². The monoisotopic (exact) mass is 314 g/mol. The van der Waals surface area contributed by atoms with Crippen molar-refractivity contribution in [1.29, 1.82) is 0 Å². The number of hydrogen-bond donors (Lipinski definition) is 1. The van der Waals surface area contributed by atoms with Gasteiger partial charge in [0.25, 0.3) is 0 Å². The number of esters is 1. The predicted molar refractivity (Wildman–Crippen MR) is 77.4 cm³/mol. The van der Waals surface area contributed by atoms with E-state index < -0.39 is 17.8 Å². The Balaban J connectivity index is 2.81. The Kier molecular flexibility index (Phi) is 7.53. The van der Waals surface area contributed by atoms with Crippen molar-refractivity contribution in [1.82, 2.24) is 5.32 Å². The van der Waals surface area contributed by atoms with Crippen molar-refractivity contribution < 1.29 is 13.9 Å². The van der Waals surface area contributed by atoms with Crippen LogP contribution in [0.4, 0.5) is 4.39 Å². The molecule has 0 aliphatic rings. The number of carbonyl (C=O) groups excluding carboxylic acids is 1. The second kappa shape index (κ2) is 9.18. The summed E-state index contributed by atoms with van der Waals surface area (Å²) in [4.78, 5) is 14.6. The zero-order chi connectivity index (χ0) is 15.7. The Hall–Kier alpha value is -1.82. The summed E-state index contributed by atoms with van der Waals surface area (Å²) in [6.07, 6.45) is 0.554. The molecule has 21 heavy (non-hydrogen) atoms. The standard InChI is InChI=1S/C13H16ClFN4O2/c1-2-21-13(20)12(17-6-3-7-18-19-16)10-5-4-9(15)8-11(10)14/h4-5,8,12,17H,2-3,6-7H2,1H3. The highest BCUT2D eigenvalue weighted by Crippen LogP contribution is 2.25. The van der Waals surface area contributed by atoms with Crippen molar-refractivity contribution in [2.24, 2.45) is 5.11 Å². The third kappa shape index (κ3) is 5.59. The first-order valence-corrected chi connectivity index (χ1v) is 6.83. The average Bonchev–Trinajstić information content (AvgIpc) is 2.44. The first-order valence-electron chi connectivity index (χ1n) is 6.46. The molecule has 0 fully saturated rings. The maximum Gasteiger partial charge on any atom is 0.327 e. The van der Waals surface area contributed by atoms with Gasteiger partial charge in [0.15, 0.2) is 0 Å². The van der Waals surface area contributed by atoms with Crippen molar-refractivity contribution in [3.63, 3.8) is 0 Å². The maximum absolute atomic E-state index is 13.1. The van der Waals surface area contributed by atoms with Crippen LogP contribution in [0.15, 0.2) is 23.3 Å². The second-order valence-corrected chi connectivity index (χ2v) is 4.52. The van der Waals surface area contributed by atoms with Gasteiger partial charge in [0.1, 0.15) is 11.9 Å². The fourth-order valence-corrected chi connectivity index (χ4v) is 2.00. The van der Waals surface area contributed by atoms with Gasteiger partial charge < -0.3 is 10.1 Å². The van der Waals surface area contributed by atoms with Crippen molar-refractivity contribution in [3.05, 3.63) is 45.0 Å². The SMILES string of the molecule is CCOC(=O)C(NCCCN=[N+]=[N-])c1ccc(F)cc1Cl. The molecule has 8 heteroatoms. The van der Waals surface area contributed by atoms with E-state index in [0.717, 1.165) is 6.07 Å². The molecule has 1 aromatic rings. The minimum Gasteiger partial charge on any atom is -0.465 e. The molecular weight excluding hydrogens is 299 g/mol. The van der Waals surface area contributed by atoms with Crippen molar-refractivity contribution in [2.45, 2.75) is 19.4 Å². The van der Waals surface area contributed by atoms with E-state index in [2.05, 4.69) is 15.3 Å². The Bertz CT molecular complexity index is 535. The molecule has 0 aliphatic heterocycles. The van der Waals surface area contributed by atoms with Crippen LogP contribution in [0, 0.1) is 5.82 Å². The van der Waals surface area contributed by atoms with Crippen molar-refractivity contribution in [3.8, 4) is 0 Å². The number of carbonyl (C=O) groups is 1. The molecule has 0 radical (unpaired) electrons. The number of nitrogens with zero attached hydrogens (tertiary/aromatic N) is 3. The van der Waals surface area contributed by atoms with E-state index in [-0.39, 0.29) is 11.6 Å². The Morgan fingerprint density at radius 3 is 3.00 bits per heavy atom. The second-order valence-electron chi connectivity index (χ2n) is 4.11. The van der Waals surface area contributed by atoms with E-state index in [1.54, 1.807) is 6.92 Å². The fourth-order valence-electron chi connectivity index (χ4n) is 1.72. The van der Waals surface area contributed by atoms with Crippen molar-refractivity contribution in [2.75, 3.05) is 19.7 Å². The van der Waals surface area contributed by atoms with Crippen LogP contribution in [0.3, 0.4) is 0 Å². The molecule has 1 aromatic carbocycles. The van der Waals surface area contributed by atoms with Gasteiger partial charge in [-0.25, -0.2) is 9.18 Å². The molecule has 0 bridgehead atoms. The third-order valence-corrected chi connectivity index (χ3v) is 2.97. The van der Waals surface area contributed by atoms with Crippen molar-refractivity contribution >= 4 is 17.6 Å². The number of benzene rings is 1. The third-order valence-electron chi connectivity index (χ3n) is 2.64. The first kappa shape index (κ1) is 17.2. The van der Waals surface area contributed by atoms with Crippen LogP contribution in [-0.4, -0.2) is 25.7 Å². The Labute approximate surface area is 126 Å². The zero-order valence-corrected chi connectivity index (χ0v) is 12.3. The zero-order valence-electron chi connectivity index (χ0n) is 11.6. The molecule has 0 aliphatic carbocycles. The van der Waals surface area contributed by atoms with E-state index in [0.29, 0.717) is 25.1 Å². The first-order chi connectivity index (χ1) is 10.1. The van der Waals surface area contributed by atoms with E-state index in [1.807, 2.05) is 0 Å². The molecule has 0 heterocycles. The molecule has 1 N–H and O–H groups in total. The van der Waals surface area contributed by atoms with Crippen LogP contribution >= 0.6 is 11.6 Å². The molecule has 0 amide bonds. The van der Waals surface area contributed by atoms with E-state index in [1.165, 1.54) is 12.1 Å². The van der Waals surface area contributed by atoms with Crippen LogP contribution in [0.2, 0.25) is 5.02 Å². The summed E-state index contributed by atoms with van der Waals surface area (Å²) in [6.45, 7) is 2.67. The summed E-state index contributed by atoms with van der Waals surface area (Å²) >= 11 is 5.98. The normalized spacial score (nSPS) is 11.6. The smallest absolute Gasteiger partial charge is 0.327 e. The van der Waals surface area contributed by atoms with E-state index in [4.69, 9.17) is 21.9 Å². The summed E-state index contributed by atoms with van der Waals surface area (Å²) in [5, 5.41) is 6.52. The number of nitrogens with one attached hydrogen (secondary N) is 1. The van der Waals surface area contributed by atoms with E-state index >= 15 is 0 Å². The fraction of sp³-hybridized carbons (Fsp3) is 0.462. The Morgan fingerprint density at radius 2 is 2.38 bits per heavy atom. The van der Waals surface area contributed by atoms with Gasteiger partial charge in [0.05, 0.1) is 6.61 Å². The summed E-state index contributed by atoms with van der Waals surface area (Å²) in [7, 11) is 0. The van der Waals surface area contributed by atoms with Crippen LogP contribution < -0.4 is 5.32 Å². The average molecular weight is 315 g/mol. The number of halogens is 2. The van der Waals surface area contributed by atoms with Crippen LogP contribution in [0.1, 0.15) is 24.9 Å². The van der Waals surface area contributed by atoms with E-state index in [9.17, 15) is 9.18 Å². The molecule has 1 rings (SSSR count). The molecule has 1 unspecified atom stereocenters. The molecule has 0 aromatic heterocycles. The van der Waals surface area contributed by atoms with Gasteiger partial charge in [-0.2, -0.15) is 0 Å². The topological polar surface area (TPSA) is 87.1 Å². The van der Waals surface area contributed by atoms with Gasteiger partial charge in [-0.05, 0) is 43.1 Å². The molecule has 1 atom stereocenters. The highest BCUT2D eigenvalue weighted by Gasteiger charge is 2.23. The summed E-state index contributed by atoms with van der Waals surface area (Å²) in [5.41, 5.74) is 8.63. The predicted octanol–water partition coefficient (Wildman–Crippen LogP) is 3.37. The summed E-state index contributed by atoms with van der Waals surface area (Å²) in [5.74, 6) is -0.968. The lowest BCUT2D eigenvalue weighted by atomic mass is 10.1. The quantitative estimate of drug-likeness (QED) is 0.262. The molecule has 0 spiro atoms. The number of ether oxygens (including phenoxy) is 1. The van der Waals surface area contributed by atoms with Gasteiger partial charge in [-0.3, -0.25) is 0 Å². The number of hydrogen-bond acceptors (Lipinski definition) is 4. The highest BCUT2D eigenvalue weighted by molar-refractivity contribution is 6.31. The molecule has 114 valence electrons. The minimum absolute atomic E-state index is 0.149. The van der Waals surface area contributed by atoms with Crippen LogP contribution in [0.5, 0.6) is 0 Å². The molecule has 6 nitrogen and oxygen atoms in total.